The van der Waals surface area contributed by atoms with Crippen LogP contribution in [0.25, 0.3) is 0 Å². The molecule has 0 fully saturated rings. The Kier molecular flexibility index (Phi) is 3.89. The van der Waals surface area contributed by atoms with Crippen LogP contribution in [0.5, 0.6) is 0 Å². The number of anilines is 1. The third-order valence-electron chi connectivity index (χ3n) is 1.89. The molecule has 2 nitrogen and oxygen atoms in total. The number of halogens is 1. The molecule has 1 aromatic rings. The SMILES string of the molecule is CC(C)c1cc(Br)ccc1NC(N)=S. The Morgan fingerprint density at radius 1 is 1.50 bits per heavy atom. The normalized spacial score (nSPS) is 10.3. The highest BCUT2D eigenvalue weighted by Crippen LogP contribution is 2.27. The predicted octanol–water partition coefficient (Wildman–Crippen LogP) is 3.23. The molecule has 1 aromatic carbocycles. The maximum atomic E-state index is 5.44. The van der Waals surface area contributed by atoms with Crippen molar-refractivity contribution in [1.29, 1.82) is 0 Å². The molecule has 0 aromatic heterocycles. The Balaban J connectivity index is 3.08. The van der Waals surface area contributed by atoms with Crippen LogP contribution < -0.4 is 11.1 Å². The van der Waals surface area contributed by atoms with Crippen molar-refractivity contribution in [3.8, 4) is 0 Å². The molecule has 0 aliphatic carbocycles. The summed E-state index contributed by atoms with van der Waals surface area (Å²) in [6, 6.07) is 6.01. The molecule has 0 bridgehead atoms. The van der Waals surface area contributed by atoms with E-state index in [1.165, 1.54) is 5.56 Å². The van der Waals surface area contributed by atoms with Gasteiger partial charge in [-0.15, -0.1) is 0 Å². The van der Waals surface area contributed by atoms with Crippen LogP contribution in [-0.4, -0.2) is 5.11 Å². The van der Waals surface area contributed by atoms with Crippen LogP contribution in [0.15, 0.2) is 22.7 Å². The number of benzene rings is 1. The van der Waals surface area contributed by atoms with Crippen molar-refractivity contribution in [3.05, 3.63) is 28.2 Å². The highest BCUT2D eigenvalue weighted by molar-refractivity contribution is 9.10. The summed E-state index contributed by atoms with van der Waals surface area (Å²) in [6.07, 6.45) is 0. The van der Waals surface area contributed by atoms with Crippen molar-refractivity contribution in [3.63, 3.8) is 0 Å². The van der Waals surface area contributed by atoms with E-state index in [1.54, 1.807) is 0 Å². The number of hydrogen-bond acceptors (Lipinski definition) is 1. The standard InChI is InChI=1S/C10H13BrN2S/c1-6(2)8-5-7(11)3-4-9(8)13-10(12)14/h3-6H,1-2H3,(H3,12,13,14). The van der Waals surface area contributed by atoms with Gasteiger partial charge in [0.05, 0.1) is 0 Å². The van der Waals surface area contributed by atoms with Gasteiger partial charge in [-0.3, -0.25) is 0 Å². The summed E-state index contributed by atoms with van der Waals surface area (Å²) in [7, 11) is 0. The number of nitrogens with two attached hydrogens (primary N) is 1. The highest BCUT2D eigenvalue weighted by atomic mass is 79.9. The van der Waals surface area contributed by atoms with Crippen LogP contribution >= 0.6 is 28.1 Å². The average Bonchev–Trinajstić information content (AvgIpc) is 2.07. The molecule has 76 valence electrons. The topological polar surface area (TPSA) is 38.0 Å². The summed E-state index contributed by atoms with van der Waals surface area (Å²) in [5.74, 6) is 0.435. The van der Waals surface area contributed by atoms with E-state index in [0.29, 0.717) is 11.0 Å². The Labute approximate surface area is 98.0 Å². The highest BCUT2D eigenvalue weighted by Gasteiger charge is 2.07. The predicted molar refractivity (Wildman–Crippen MR) is 68.6 cm³/mol. The molecule has 1 rings (SSSR count). The van der Waals surface area contributed by atoms with Crippen LogP contribution in [0.1, 0.15) is 25.3 Å². The van der Waals surface area contributed by atoms with E-state index in [2.05, 4.69) is 41.2 Å². The zero-order valence-electron chi connectivity index (χ0n) is 8.17. The number of thiocarbonyl (C=S) groups is 1. The maximum absolute atomic E-state index is 5.44. The summed E-state index contributed by atoms with van der Waals surface area (Å²) >= 11 is 8.25. The second-order valence-electron chi connectivity index (χ2n) is 3.38. The molecule has 0 aliphatic rings. The third kappa shape index (κ3) is 2.96. The second-order valence-corrected chi connectivity index (χ2v) is 4.73. The van der Waals surface area contributed by atoms with Crippen molar-refractivity contribution in [1.82, 2.24) is 0 Å². The summed E-state index contributed by atoms with van der Waals surface area (Å²) in [4.78, 5) is 0. The molecule has 3 N–H and O–H groups in total. The second kappa shape index (κ2) is 4.75. The first-order chi connectivity index (χ1) is 6.50. The Morgan fingerprint density at radius 3 is 2.64 bits per heavy atom. The first-order valence-electron chi connectivity index (χ1n) is 4.36. The largest absolute Gasteiger partial charge is 0.376 e. The molecule has 0 unspecified atom stereocenters. The molecule has 0 saturated carbocycles. The quantitative estimate of drug-likeness (QED) is 0.812. The molecule has 0 spiro atoms. The van der Waals surface area contributed by atoms with Crippen LogP contribution in [0, 0.1) is 0 Å². The summed E-state index contributed by atoms with van der Waals surface area (Å²) in [5.41, 5.74) is 7.62. The molecular weight excluding hydrogens is 260 g/mol. The van der Waals surface area contributed by atoms with Crippen LogP contribution in [0.3, 0.4) is 0 Å². The maximum Gasteiger partial charge on any atom is 0.168 e. The lowest BCUT2D eigenvalue weighted by atomic mass is 10.0. The minimum Gasteiger partial charge on any atom is -0.376 e. The number of rotatable bonds is 2. The summed E-state index contributed by atoms with van der Waals surface area (Å²) < 4.78 is 1.06. The lowest BCUT2D eigenvalue weighted by molar-refractivity contribution is 0.868. The van der Waals surface area contributed by atoms with Gasteiger partial charge in [-0.25, -0.2) is 0 Å². The minimum atomic E-state index is 0.300. The lowest BCUT2D eigenvalue weighted by Crippen LogP contribution is -2.20. The molecule has 14 heavy (non-hydrogen) atoms. The van der Waals surface area contributed by atoms with Crippen LogP contribution in [0.4, 0.5) is 5.69 Å². The number of hydrogen-bond donors (Lipinski definition) is 2. The van der Waals surface area contributed by atoms with E-state index in [9.17, 15) is 0 Å². The molecule has 0 saturated heterocycles. The molecule has 0 heterocycles. The van der Waals surface area contributed by atoms with E-state index in [-0.39, 0.29) is 0 Å². The zero-order valence-corrected chi connectivity index (χ0v) is 10.6. The van der Waals surface area contributed by atoms with Gasteiger partial charge in [-0.1, -0.05) is 29.8 Å². The Bertz CT molecular complexity index is 350. The van der Waals surface area contributed by atoms with E-state index in [4.69, 9.17) is 18.0 Å². The smallest absolute Gasteiger partial charge is 0.168 e. The van der Waals surface area contributed by atoms with Gasteiger partial charge in [0.1, 0.15) is 0 Å². The van der Waals surface area contributed by atoms with E-state index >= 15 is 0 Å². The van der Waals surface area contributed by atoms with Gasteiger partial charge < -0.3 is 11.1 Å². The van der Waals surface area contributed by atoms with Gasteiger partial charge in [0.15, 0.2) is 5.11 Å². The minimum absolute atomic E-state index is 0.300. The summed E-state index contributed by atoms with van der Waals surface area (Å²) in [6.45, 7) is 4.26. The van der Waals surface area contributed by atoms with Crippen molar-refractivity contribution in [2.24, 2.45) is 5.73 Å². The van der Waals surface area contributed by atoms with Gasteiger partial charge in [0, 0.05) is 10.2 Å². The zero-order chi connectivity index (χ0) is 10.7. The first kappa shape index (κ1) is 11.5. The average molecular weight is 273 g/mol. The van der Waals surface area contributed by atoms with Gasteiger partial charge in [-0.05, 0) is 41.9 Å². The molecule has 0 amide bonds. The van der Waals surface area contributed by atoms with E-state index < -0.39 is 0 Å². The first-order valence-corrected chi connectivity index (χ1v) is 5.56. The fraction of sp³-hybridized carbons (Fsp3) is 0.300. The van der Waals surface area contributed by atoms with Crippen molar-refractivity contribution < 1.29 is 0 Å². The van der Waals surface area contributed by atoms with E-state index in [1.807, 2.05) is 12.1 Å². The van der Waals surface area contributed by atoms with Crippen molar-refractivity contribution >= 4 is 38.9 Å². The van der Waals surface area contributed by atoms with Crippen molar-refractivity contribution in [2.75, 3.05) is 5.32 Å². The fourth-order valence-electron chi connectivity index (χ4n) is 1.26. The van der Waals surface area contributed by atoms with E-state index in [0.717, 1.165) is 10.2 Å². The Morgan fingerprint density at radius 2 is 2.14 bits per heavy atom. The fourth-order valence-corrected chi connectivity index (χ4v) is 1.75. The van der Waals surface area contributed by atoms with Crippen LogP contribution in [-0.2, 0) is 0 Å². The third-order valence-corrected chi connectivity index (χ3v) is 2.49. The monoisotopic (exact) mass is 272 g/mol. The van der Waals surface area contributed by atoms with Gasteiger partial charge in [0.25, 0.3) is 0 Å². The molecular formula is C10H13BrN2S. The van der Waals surface area contributed by atoms with Crippen molar-refractivity contribution in [2.45, 2.75) is 19.8 Å². The van der Waals surface area contributed by atoms with Gasteiger partial charge >= 0.3 is 0 Å². The molecule has 0 atom stereocenters. The molecule has 0 radical (unpaired) electrons. The molecule has 0 aliphatic heterocycles. The number of nitrogens with one attached hydrogen (secondary N) is 1. The summed E-state index contributed by atoms with van der Waals surface area (Å²) in [5, 5.41) is 3.27. The van der Waals surface area contributed by atoms with Crippen LogP contribution in [0.2, 0.25) is 0 Å². The van der Waals surface area contributed by atoms with Gasteiger partial charge in [0.2, 0.25) is 0 Å². The van der Waals surface area contributed by atoms with Gasteiger partial charge in [-0.2, -0.15) is 0 Å². The molecule has 4 heteroatoms. The Hall–Kier alpha value is -0.610. The lowest BCUT2D eigenvalue weighted by Gasteiger charge is -2.13.